The Balaban J connectivity index is 1.94. The van der Waals surface area contributed by atoms with Crippen LogP contribution in [0.4, 0.5) is 11.6 Å². The van der Waals surface area contributed by atoms with Crippen LogP contribution in [0.15, 0.2) is 10.8 Å². The predicted octanol–water partition coefficient (Wildman–Crippen LogP) is 1.75. The van der Waals surface area contributed by atoms with Crippen LogP contribution in [0.3, 0.4) is 0 Å². The number of halogens is 1. The Hall–Kier alpha value is -1.37. The number of carbonyl (C=O) groups excluding carboxylic acids is 1. The average Bonchev–Trinajstić information content (AvgIpc) is 2.82. The van der Waals surface area contributed by atoms with E-state index in [0.29, 0.717) is 13.0 Å². The molecule has 1 aliphatic rings. The average molecular weight is 328 g/mol. The minimum Gasteiger partial charge on any atom is -0.369 e. The van der Waals surface area contributed by atoms with Crippen LogP contribution in [0.1, 0.15) is 26.2 Å². The fourth-order valence-corrected chi connectivity index (χ4v) is 2.40. The van der Waals surface area contributed by atoms with Crippen LogP contribution in [-0.4, -0.2) is 35.0 Å². The minimum atomic E-state index is 0.124. The Morgan fingerprint density at radius 3 is 2.79 bits per heavy atom. The third kappa shape index (κ3) is 3.79. The van der Waals surface area contributed by atoms with Crippen LogP contribution in [0.2, 0.25) is 0 Å². The van der Waals surface area contributed by atoms with Crippen molar-refractivity contribution in [2.75, 3.05) is 23.7 Å². The molecular formula is C12H18BrN5O. The molecule has 0 aromatic carbocycles. The van der Waals surface area contributed by atoms with Crippen molar-refractivity contribution >= 4 is 33.5 Å². The number of carbonyl (C=O) groups is 1. The first-order valence-corrected chi connectivity index (χ1v) is 7.27. The molecule has 0 bridgehead atoms. The van der Waals surface area contributed by atoms with Gasteiger partial charge in [0, 0.05) is 25.6 Å². The number of hydrogen-bond donors (Lipinski definition) is 3. The zero-order chi connectivity index (χ0) is 13.7. The van der Waals surface area contributed by atoms with Gasteiger partial charge in [-0.2, -0.15) is 0 Å². The normalized spacial score (nSPS) is 18.2. The van der Waals surface area contributed by atoms with Crippen LogP contribution < -0.4 is 16.0 Å². The number of rotatable bonds is 6. The molecule has 6 nitrogen and oxygen atoms in total. The van der Waals surface area contributed by atoms with Crippen LogP contribution in [0.25, 0.3) is 0 Å². The largest absolute Gasteiger partial charge is 0.369 e. The Morgan fingerprint density at radius 1 is 1.42 bits per heavy atom. The third-order valence-corrected chi connectivity index (χ3v) is 3.68. The van der Waals surface area contributed by atoms with Gasteiger partial charge in [0.05, 0.1) is 0 Å². The van der Waals surface area contributed by atoms with Gasteiger partial charge in [0.15, 0.2) is 0 Å². The van der Waals surface area contributed by atoms with Crippen molar-refractivity contribution in [3.8, 4) is 0 Å². The smallest absolute Gasteiger partial charge is 0.220 e. The van der Waals surface area contributed by atoms with E-state index in [2.05, 4.69) is 48.8 Å². The summed E-state index contributed by atoms with van der Waals surface area (Å²) < 4.78 is 0.827. The van der Waals surface area contributed by atoms with Crippen molar-refractivity contribution in [2.24, 2.45) is 0 Å². The summed E-state index contributed by atoms with van der Waals surface area (Å²) in [6.07, 6.45) is 4.04. The van der Waals surface area contributed by atoms with Gasteiger partial charge in [0.2, 0.25) is 5.91 Å². The highest BCUT2D eigenvalue weighted by molar-refractivity contribution is 9.10. The molecule has 1 aromatic rings. The molecule has 1 unspecified atom stereocenters. The van der Waals surface area contributed by atoms with Gasteiger partial charge < -0.3 is 16.0 Å². The standard InChI is InChI=1S/C12H18BrN5O/c1-2-5-14-11-10(13)12(17-7-16-11)15-6-8-3-4-9(19)18-8/h7-8H,2-6H2,1H3,(H,18,19)(H2,14,15,16,17). The molecule has 1 fully saturated rings. The van der Waals surface area contributed by atoms with Gasteiger partial charge in [-0.05, 0) is 28.8 Å². The molecule has 0 aliphatic carbocycles. The van der Waals surface area contributed by atoms with Gasteiger partial charge in [-0.15, -0.1) is 0 Å². The van der Waals surface area contributed by atoms with Crippen molar-refractivity contribution in [3.63, 3.8) is 0 Å². The second-order valence-electron chi connectivity index (χ2n) is 4.50. The molecule has 1 aliphatic heterocycles. The lowest BCUT2D eigenvalue weighted by molar-refractivity contribution is -0.119. The summed E-state index contributed by atoms with van der Waals surface area (Å²) >= 11 is 3.50. The van der Waals surface area contributed by atoms with E-state index >= 15 is 0 Å². The maximum Gasteiger partial charge on any atom is 0.220 e. The van der Waals surface area contributed by atoms with Gasteiger partial charge in [-0.1, -0.05) is 6.92 Å². The number of nitrogens with one attached hydrogen (secondary N) is 3. The molecule has 3 N–H and O–H groups in total. The number of nitrogens with zero attached hydrogens (tertiary/aromatic N) is 2. The highest BCUT2D eigenvalue weighted by Gasteiger charge is 2.20. The summed E-state index contributed by atoms with van der Waals surface area (Å²) in [6, 6.07) is 0.182. The molecule has 1 aromatic heterocycles. The zero-order valence-corrected chi connectivity index (χ0v) is 12.5. The minimum absolute atomic E-state index is 0.124. The molecule has 104 valence electrons. The number of hydrogen-bond acceptors (Lipinski definition) is 5. The van der Waals surface area contributed by atoms with Crippen LogP contribution in [-0.2, 0) is 4.79 Å². The Morgan fingerprint density at radius 2 is 2.16 bits per heavy atom. The number of amides is 1. The van der Waals surface area contributed by atoms with Gasteiger partial charge in [0.25, 0.3) is 0 Å². The third-order valence-electron chi connectivity index (χ3n) is 2.93. The van der Waals surface area contributed by atoms with E-state index in [-0.39, 0.29) is 11.9 Å². The van der Waals surface area contributed by atoms with Crippen molar-refractivity contribution < 1.29 is 4.79 Å². The summed E-state index contributed by atoms with van der Waals surface area (Å²) in [5, 5.41) is 9.39. The topological polar surface area (TPSA) is 78.9 Å². The van der Waals surface area contributed by atoms with Crippen LogP contribution in [0.5, 0.6) is 0 Å². The molecule has 1 saturated heterocycles. The van der Waals surface area contributed by atoms with Crippen molar-refractivity contribution in [3.05, 3.63) is 10.8 Å². The molecule has 2 rings (SSSR count). The van der Waals surface area contributed by atoms with E-state index in [1.807, 2.05) is 0 Å². The second-order valence-corrected chi connectivity index (χ2v) is 5.29. The Labute approximate surface area is 120 Å². The quantitative estimate of drug-likeness (QED) is 0.741. The van der Waals surface area contributed by atoms with E-state index in [1.54, 1.807) is 0 Å². The van der Waals surface area contributed by atoms with Crippen molar-refractivity contribution in [1.29, 1.82) is 0 Å². The molecule has 1 atom stereocenters. The van der Waals surface area contributed by atoms with Gasteiger partial charge in [-0.3, -0.25) is 4.79 Å². The predicted molar refractivity (Wildman–Crippen MR) is 78.2 cm³/mol. The first-order chi connectivity index (χ1) is 9.20. The maximum absolute atomic E-state index is 11.1. The molecular weight excluding hydrogens is 310 g/mol. The lowest BCUT2D eigenvalue weighted by Gasteiger charge is -2.14. The van der Waals surface area contributed by atoms with Gasteiger partial charge >= 0.3 is 0 Å². The summed E-state index contributed by atoms with van der Waals surface area (Å²) in [5.41, 5.74) is 0. The molecule has 19 heavy (non-hydrogen) atoms. The van der Waals surface area contributed by atoms with Crippen molar-refractivity contribution in [1.82, 2.24) is 15.3 Å². The highest BCUT2D eigenvalue weighted by Crippen LogP contribution is 2.26. The molecule has 7 heteroatoms. The van der Waals surface area contributed by atoms with Crippen molar-refractivity contribution in [2.45, 2.75) is 32.2 Å². The van der Waals surface area contributed by atoms with Gasteiger partial charge in [0.1, 0.15) is 22.4 Å². The first kappa shape index (κ1) is 14.0. The van der Waals surface area contributed by atoms with E-state index < -0.39 is 0 Å². The number of anilines is 2. The fourth-order valence-electron chi connectivity index (χ4n) is 1.91. The summed E-state index contributed by atoms with van der Waals surface area (Å²) in [6.45, 7) is 3.65. The Kier molecular flexibility index (Phi) is 4.95. The monoisotopic (exact) mass is 327 g/mol. The maximum atomic E-state index is 11.1. The first-order valence-electron chi connectivity index (χ1n) is 6.48. The van der Waals surface area contributed by atoms with Crippen LogP contribution in [0, 0.1) is 0 Å². The number of aromatic nitrogens is 2. The SMILES string of the molecule is CCCNc1ncnc(NCC2CCC(=O)N2)c1Br. The van der Waals surface area contributed by atoms with E-state index in [0.717, 1.165) is 35.5 Å². The summed E-state index contributed by atoms with van der Waals surface area (Å²) in [5.74, 6) is 1.66. The molecule has 0 spiro atoms. The zero-order valence-electron chi connectivity index (χ0n) is 10.9. The van der Waals surface area contributed by atoms with E-state index in [1.165, 1.54) is 6.33 Å². The fraction of sp³-hybridized carbons (Fsp3) is 0.583. The lowest BCUT2D eigenvalue weighted by atomic mass is 10.2. The second kappa shape index (κ2) is 6.70. The molecule has 0 radical (unpaired) electrons. The summed E-state index contributed by atoms with van der Waals surface area (Å²) in [4.78, 5) is 19.5. The summed E-state index contributed by atoms with van der Waals surface area (Å²) in [7, 11) is 0. The van der Waals surface area contributed by atoms with Gasteiger partial charge in [-0.25, -0.2) is 9.97 Å². The molecule has 0 saturated carbocycles. The van der Waals surface area contributed by atoms with E-state index in [4.69, 9.17) is 0 Å². The highest BCUT2D eigenvalue weighted by atomic mass is 79.9. The van der Waals surface area contributed by atoms with E-state index in [9.17, 15) is 4.79 Å². The Bertz CT molecular complexity index is 454. The lowest BCUT2D eigenvalue weighted by Crippen LogP contribution is -2.32. The van der Waals surface area contributed by atoms with Crippen LogP contribution >= 0.6 is 15.9 Å². The molecule has 2 heterocycles. The molecule has 1 amide bonds.